The highest BCUT2D eigenvalue weighted by Gasteiger charge is 2.23. The van der Waals surface area contributed by atoms with Crippen molar-refractivity contribution in [2.75, 3.05) is 0 Å². The van der Waals surface area contributed by atoms with Crippen LogP contribution in [0.15, 0.2) is 29.1 Å². The van der Waals surface area contributed by atoms with Gasteiger partial charge in [-0.3, -0.25) is 9.36 Å². The number of H-pyrrole nitrogens is 1. The molecule has 0 bridgehead atoms. The van der Waals surface area contributed by atoms with Crippen molar-refractivity contribution in [2.45, 2.75) is 46.1 Å². The van der Waals surface area contributed by atoms with Crippen LogP contribution in [0.3, 0.4) is 0 Å². The van der Waals surface area contributed by atoms with Gasteiger partial charge in [0.15, 0.2) is 17.0 Å². The van der Waals surface area contributed by atoms with Crippen LogP contribution in [0.2, 0.25) is 0 Å². The third-order valence-corrected chi connectivity index (χ3v) is 4.52. The summed E-state index contributed by atoms with van der Waals surface area (Å²) in [4.78, 5) is 25.3. The van der Waals surface area contributed by atoms with Gasteiger partial charge in [0, 0.05) is 18.4 Å². The summed E-state index contributed by atoms with van der Waals surface area (Å²) < 4.78 is 16.3. The van der Waals surface area contributed by atoms with Gasteiger partial charge in [0.05, 0.1) is 0 Å². The molecule has 0 spiro atoms. The molecule has 0 aliphatic rings. The Morgan fingerprint density at radius 3 is 2.48 bits per heavy atom. The Hall–Kier alpha value is -3.03. The van der Waals surface area contributed by atoms with Crippen LogP contribution >= 0.6 is 0 Å². The van der Waals surface area contributed by atoms with Gasteiger partial charge in [-0.2, -0.15) is 9.50 Å². The van der Waals surface area contributed by atoms with Crippen LogP contribution in [0.25, 0.3) is 16.9 Å². The van der Waals surface area contributed by atoms with E-state index in [-0.39, 0.29) is 16.8 Å². The predicted octanol–water partition coefficient (Wildman–Crippen LogP) is 2.81. The van der Waals surface area contributed by atoms with Gasteiger partial charge in [0.25, 0.3) is 0 Å². The molecule has 0 unspecified atom stereocenters. The molecule has 0 aliphatic carbocycles. The second-order valence-corrected chi connectivity index (χ2v) is 7.63. The lowest BCUT2D eigenvalue weighted by Gasteiger charge is -2.13. The van der Waals surface area contributed by atoms with E-state index in [1.165, 1.54) is 16.6 Å². The Bertz CT molecular complexity index is 1190. The first-order chi connectivity index (χ1) is 12.8. The van der Waals surface area contributed by atoms with Crippen LogP contribution in [-0.4, -0.2) is 29.1 Å². The van der Waals surface area contributed by atoms with E-state index in [0.29, 0.717) is 35.7 Å². The second kappa shape index (κ2) is 6.00. The molecule has 1 aromatic carbocycles. The number of imidazole rings is 1. The molecular formula is C19H21FN6O. The topological polar surface area (TPSA) is 80.9 Å². The van der Waals surface area contributed by atoms with Crippen molar-refractivity contribution in [3.8, 4) is 0 Å². The third-order valence-electron chi connectivity index (χ3n) is 4.52. The first-order valence-electron chi connectivity index (χ1n) is 8.91. The van der Waals surface area contributed by atoms with E-state index in [9.17, 15) is 9.18 Å². The first-order valence-corrected chi connectivity index (χ1v) is 8.91. The van der Waals surface area contributed by atoms with Gasteiger partial charge in [-0.1, -0.05) is 32.9 Å². The molecule has 27 heavy (non-hydrogen) atoms. The number of fused-ring (bicyclic) bond motifs is 2. The van der Waals surface area contributed by atoms with E-state index in [4.69, 9.17) is 0 Å². The molecule has 0 atom stereocenters. The lowest BCUT2D eigenvalue weighted by molar-refractivity contribution is 0.553. The fourth-order valence-electron chi connectivity index (χ4n) is 3.07. The number of halogens is 1. The SMILES string of the molecule is CCn1c2nc(C(C)(C)C)[nH]c2c(=O)n2nc(Cc3ccc(F)cc3)nc12. The smallest absolute Gasteiger partial charge is 0.301 e. The summed E-state index contributed by atoms with van der Waals surface area (Å²) in [6, 6.07) is 6.18. The molecule has 4 aromatic rings. The highest BCUT2D eigenvalue weighted by Crippen LogP contribution is 2.22. The van der Waals surface area contributed by atoms with Gasteiger partial charge in [-0.15, -0.1) is 5.10 Å². The third kappa shape index (κ3) is 2.90. The minimum Gasteiger partial charge on any atom is -0.336 e. The minimum atomic E-state index is -0.289. The number of aryl methyl sites for hydroxylation is 1. The molecule has 7 nitrogen and oxygen atoms in total. The fraction of sp³-hybridized carbons (Fsp3) is 0.368. The normalized spacial score (nSPS) is 12.3. The highest BCUT2D eigenvalue weighted by atomic mass is 19.1. The van der Waals surface area contributed by atoms with E-state index >= 15 is 0 Å². The lowest BCUT2D eigenvalue weighted by atomic mass is 9.96. The summed E-state index contributed by atoms with van der Waals surface area (Å²) in [5, 5.41) is 4.39. The van der Waals surface area contributed by atoms with E-state index in [1.807, 2.05) is 32.3 Å². The lowest BCUT2D eigenvalue weighted by Crippen LogP contribution is -2.19. The van der Waals surface area contributed by atoms with Gasteiger partial charge in [0.2, 0.25) is 5.78 Å². The molecule has 8 heteroatoms. The summed E-state index contributed by atoms with van der Waals surface area (Å²) in [6.07, 6.45) is 0.416. The number of hydrogen-bond donors (Lipinski definition) is 1. The molecular weight excluding hydrogens is 347 g/mol. The Balaban J connectivity index is 1.89. The zero-order valence-electron chi connectivity index (χ0n) is 15.7. The summed E-state index contributed by atoms with van der Waals surface area (Å²) in [5.74, 6) is 1.42. The predicted molar refractivity (Wildman–Crippen MR) is 100 cm³/mol. The summed E-state index contributed by atoms with van der Waals surface area (Å²) >= 11 is 0. The number of hydrogen-bond acceptors (Lipinski definition) is 4. The number of aromatic amines is 1. The number of benzene rings is 1. The maximum Gasteiger partial charge on any atom is 0.301 e. The van der Waals surface area contributed by atoms with Crippen molar-refractivity contribution < 1.29 is 4.39 Å². The summed E-state index contributed by atoms with van der Waals surface area (Å²) in [5.41, 5.74) is 1.40. The molecule has 0 saturated carbocycles. The standard InChI is InChI=1S/C19H21FN6O/c1-5-25-15-14(22-17(23-15)19(2,3)4)16(27)26-18(25)21-13(24-26)10-11-6-8-12(20)9-7-11/h6-9H,5,10H2,1-4H3,(H,22,23). The first kappa shape index (κ1) is 17.4. The van der Waals surface area contributed by atoms with Crippen LogP contribution in [0, 0.1) is 5.82 Å². The van der Waals surface area contributed by atoms with Crippen molar-refractivity contribution >= 4 is 16.9 Å². The summed E-state index contributed by atoms with van der Waals surface area (Å²) in [6.45, 7) is 8.69. The quantitative estimate of drug-likeness (QED) is 0.603. The molecule has 0 radical (unpaired) electrons. The summed E-state index contributed by atoms with van der Waals surface area (Å²) in [7, 11) is 0. The zero-order valence-corrected chi connectivity index (χ0v) is 15.7. The number of nitrogens with zero attached hydrogens (tertiary/aromatic N) is 5. The Morgan fingerprint density at radius 2 is 1.85 bits per heavy atom. The van der Waals surface area contributed by atoms with Gasteiger partial charge in [0.1, 0.15) is 11.6 Å². The zero-order chi connectivity index (χ0) is 19.3. The molecule has 0 amide bonds. The van der Waals surface area contributed by atoms with E-state index < -0.39 is 0 Å². The maximum absolute atomic E-state index is 13.1. The van der Waals surface area contributed by atoms with E-state index in [2.05, 4.69) is 20.1 Å². The van der Waals surface area contributed by atoms with Gasteiger partial charge < -0.3 is 4.98 Å². The molecule has 3 heterocycles. The average molecular weight is 368 g/mol. The van der Waals surface area contributed by atoms with Gasteiger partial charge in [-0.05, 0) is 24.6 Å². The Kier molecular flexibility index (Phi) is 3.87. The van der Waals surface area contributed by atoms with Gasteiger partial charge >= 0.3 is 5.56 Å². The molecule has 4 rings (SSSR count). The number of aromatic nitrogens is 6. The second-order valence-electron chi connectivity index (χ2n) is 7.63. The van der Waals surface area contributed by atoms with Crippen LogP contribution in [0.5, 0.6) is 0 Å². The highest BCUT2D eigenvalue weighted by molar-refractivity contribution is 5.73. The molecule has 0 fully saturated rings. The minimum absolute atomic E-state index is 0.208. The molecule has 3 aromatic heterocycles. The number of nitrogens with one attached hydrogen (secondary N) is 1. The number of rotatable bonds is 3. The van der Waals surface area contributed by atoms with Crippen molar-refractivity contribution in [1.29, 1.82) is 0 Å². The van der Waals surface area contributed by atoms with Gasteiger partial charge in [-0.25, -0.2) is 9.37 Å². The molecule has 140 valence electrons. The van der Waals surface area contributed by atoms with Crippen molar-refractivity contribution in [1.82, 2.24) is 29.1 Å². The Morgan fingerprint density at radius 1 is 1.15 bits per heavy atom. The average Bonchev–Trinajstić information content (AvgIpc) is 3.22. The molecule has 1 N–H and O–H groups in total. The monoisotopic (exact) mass is 368 g/mol. The Labute approximate surface area is 154 Å². The van der Waals surface area contributed by atoms with Crippen LogP contribution in [0.4, 0.5) is 4.39 Å². The molecule has 0 aliphatic heterocycles. The van der Waals surface area contributed by atoms with Crippen molar-refractivity contribution in [3.63, 3.8) is 0 Å². The van der Waals surface area contributed by atoms with Crippen LogP contribution in [0.1, 0.15) is 44.9 Å². The largest absolute Gasteiger partial charge is 0.336 e. The maximum atomic E-state index is 13.1. The van der Waals surface area contributed by atoms with E-state index in [0.717, 1.165) is 11.4 Å². The van der Waals surface area contributed by atoms with E-state index in [1.54, 1.807) is 12.1 Å². The van der Waals surface area contributed by atoms with Crippen molar-refractivity contribution in [3.05, 3.63) is 57.6 Å². The van der Waals surface area contributed by atoms with Crippen LogP contribution in [-0.2, 0) is 18.4 Å². The van der Waals surface area contributed by atoms with Crippen molar-refractivity contribution in [2.24, 2.45) is 0 Å². The fourth-order valence-corrected chi connectivity index (χ4v) is 3.07. The van der Waals surface area contributed by atoms with Crippen LogP contribution < -0.4 is 5.56 Å². The molecule has 0 saturated heterocycles.